The molecular formula is C19H29N3O. The van der Waals surface area contributed by atoms with Crippen molar-refractivity contribution in [2.75, 3.05) is 40.3 Å². The molecular weight excluding hydrogens is 286 g/mol. The van der Waals surface area contributed by atoms with Crippen LogP contribution in [-0.4, -0.2) is 62.0 Å². The highest BCUT2D eigenvalue weighted by Crippen LogP contribution is 2.30. The summed E-state index contributed by atoms with van der Waals surface area (Å²) in [6, 6.07) is 8.77. The van der Waals surface area contributed by atoms with Gasteiger partial charge in [0.15, 0.2) is 0 Å². The first-order valence-electron chi connectivity index (χ1n) is 8.92. The molecule has 2 aliphatic rings. The van der Waals surface area contributed by atoms with E-state index in [9.17, 15) is 4.79 Å². The normalized spacial score (nSPS) is 25.2. The van der Waals surface area contributed by atoms with Gasteiger partial charge in [-0.1, -0.05) is 18.2 Å². The van der Waals surface area contributed by atoms with Crippen molar-refractivity contribution in [2.24, 2.45) is 5.92 Å². The molecule has 2 fully saturated rings. The first-order chi connectivity index (χ1) is 11.2. The number of carbonyl (C=O) groups is 1. The van der Waals surface area contributed by atoms with E-state index in [0.717, 1.165) is 43.6 Å². The molecule has 1 aromatic carbocycles. The Morgan fingerprint density at radius 1 is 1.26 bits per heavy atom. The van der Waals surface area contributed by atoms with Crippen LogP contribution in [0.4, 0.5) is 0 Å². The number of carbonyl (C=O) groups excluding carboxylic acids is 1. The van der Waals surface area contributed by atoms with Gasteiger partial charge >= 0.3 is 0 Å². The summed E-state index contributed by atoms with van der Waals surface area (Å²) in [6.45, 7) is 3.93. The fraction of sp³-hybridized carbons (Fsp3) is 0.632. The average molecular weight is 315 g/mol. The van der Waals surface area contributed by atoms with E-state index in [2.05, 4.69) is 28.2 Å². The van der Waals surface area contributed by atoms with Crippen LogP contribution in [0.2, 0.25) is 0 Å². The highest BCUT2D eigenvalue weighted by molar-refractivity contribution is 5.95. The summed E-state index contributed by atoms with van der Waals surface area (Å²) in [7, 11) is 4.19. The van der Waals surface area contributed by atoms with Gasteiger partial charge < -0.3 is 15.1 Å². The Labute approximate surface area is 139 Å². The summed E-state index contributed by atoms with van der Waals surface area (Å²) in [5.41, 5.74) is 2.06. The largest absolute Gasteiger partial charge is 0.338 e. The maximum Gasteiger partial charge on any atom is 0.254 e. The van der Waals surface area contributed by atoms with Crippen LogP contribution in [0.15, 0.2) is 24.3 Å². The summed E-state index contributed by atoms with van der Waals surface area (Å²) >= 11 is 0. The van der Waals surface area contributed by atoms with E-state index >= 15 is 0 Å². The van der Waals surface area contributed by atoms with E-state index in [-0.39, 0.29) is 5.91 Å². The second-order valence-electron chi connectivity index (χ2n) is 7.00. The number of rotatable bonds is 4. The lowest BCUT2D eigenvalue weighted by Crippen LogP contribution is -2.54. The van der Waals surface area contributed by atoms with Crippen LogP contribution in [-0.2, 0) is 6.42 Å². The third-order valence-electron chi connectivity index (χ3n) is 5.53. The number of hydrogen-bond acceptors (Lipinski definition) is 3. The molecule has 0 saturated carbocycles. The Morgan fingerprint density at radius 3 is 2.91 bits per heavy atom. The Kier molecular flexibility index (Phi) is 5.34. The Morgan fingerprint density at radius 2 is 2.09 bits per heavy atom. The quantitative estimate of drug-likeness (QED) is 0.923. The fourth-order valence-electron chi connectivity index (χ4n) is 4.21. The van der Waals surface area contributed by atoms with Crippen molar-refractivity contribution in [1.82, 2.24) is 15.1 Å². The minimum absolute atomic E-state index is 0.225. The van der Waals surface area contributed by atoms with Gasteiger partial charge in [-0.2, -0.15) is 0 Å². The zero-order valence-corrected chi connectivity index (χ0v) is 14.4. The number of benzene rings is 1. The molecule has 2 saturated heterocycles. The molecule has 0 spiro atoms. The van der Waals surface area contributed by atoms with Gasteiger partial charge in [-0.3, -0.25) is 4.79 Å². The predicted molar refractivity (Wildman–Crippen MR) is 93.7 cm³/mol. The smallest absolute Gasteiger partial charge is 0.254 e. The van der Waals surface area contributed by atoms with Gasteiger partial charge in [0, 0.05) is 24.7 Å². The first-order valence-corrected chi connectivity index (χ1v) is 8.92. The number of nitrogens with one attached hydrogen (secondary N) is 1. The van der Waals surface area contributed by atoms with Gasteiger partial charge in [0.1, 0.15) is 0 Å². The number of fused-ring (bicyclic) bond motifs is 1. The van der Waals surface area contributed by atoms with E-state index in [4.69, 9.17) is 0 Å². The van der Waals surface area contributed by atoms with Crippen LogP contribution < -0.4 is 5.32 Å². The van der Waals surface area contributed by atoms with E-state index in [1.54, 1.807) is 0 Å². The van der Waals surface area contributed by atoms with Gasteiger partial charge in [0.05, 0.1) is 0 Å². The zero-order chi connectivity index (χ0) is 16.2. The lowest BCUT2D eigenvalue weighted by molar-refractivity contribution is 0.0316. The second-order valence-corrected chi connectivity index (χ2v) is 7.00. The minimum Gasteiger partial charge on any atom is -0.338 e. The number of hydrogen-bond donors (Lipinski definition) is 1. The summed E-state index contributed by atoms with van der Waals surface area (Å²) in [6.07, 6.45) is 4.55. The lowest BCUT2D eigenvalue weighted by atomic mass is 9.84. The van der Waals surface area contributed by atoms with Crippen LogP contribution in [0.5, 0.6) is 0 Å². The van der Waals surface area contributed by atoms with Gasteiger partial charge in [-0.15, -0.1) is 0 Å². The Hall–Kier alpha value is -1.39. The van der Waals surface area contributed by atoms with Crippen molar-refractivity contribution in [3.8, 4) is 0 Å². The molecule has 2 aliphatic heterocycles. The molecule has 23 heavy (non-hydrogen) atoms. The summed E-state index contributed by atoms with van der Waals surface area (Å²) in [4.78, 5) is 17.6. The van der Waals surface area contributed by atoms with Crippen molar-refractivity contribution in [3.05, 3.63) is 35.4 Å². The highest BCUT2D eigenvalue weighted by atomic mass is 16.2. The lowest BCUT2D eigenvalue weighted by Gasteiger charge is -2.46. The molecule has 1 N–H and O–H groups in total. The predicted octanol–water partition coefficient (Wildman–Crippen LogP) is 2.00. The van der Waals surface area contributed by atoms with Crippen molar-refractivity contribution in [2.45, 2.75) is 31.7 Å². The van der Waals surface area contributed by atoms with E-state index < -0.39 is 0 Å². The molecule has 3 rings (SSSR count). The molecule has 4 nitrogen and oxygen atoms in total. The Bertz CT molecular complexity index is 545. The molecule has 0 radical (unpaired) electrons. The molecule has 0 aliphatic carbocycles. The van der Waals surface area contributed by atoms with Gasteiger partial charge in [0.25, 0.3) is 5.91 Å². The Balaban J connectivity index is 1.71. The zero-order valence-electron chi connectivity index (χ0n) is 14.4. The monoisotopic (exact) mass is 315 g/mol. The van der Waals surface area contributed by atoms with Crippen molar-refractivity contribution in [1.29, 1.82) is 0 Å². The topological polar surface area (TPSA) is 35.6 Å². The molecule has 4 heteroatoms. The van der Waals surface area contributed by atoms with E-state index in [1.165, 1.54) is 19.4 Å². The second kappa shape index (κ2) is 7.45. The standard InChI is InChI=1S/C19H29N3O/c1-20-11-9-15-6-3-4-8-17(15)19(23)22-13-10-18-16(14-22)7-5-12-21(18)2/h3-4,6,8,16,18,20H,5,7,9-14H2,1-2H3. The van der Waals surface area contributed by atoms with E-state index in [1.807, 2.05) is 25.2 Å². The molecule has 0 bridgehead atoms. The number of likely N-dealkylation sites (N-methyl/N-ethyl adjacent to an activating group) is 1. The van der Waals surface area contributed by atoms with Crippen molar-refractivity contribution < 1.29 is 4.79 Å². The average Bonchev–Trinajstić information content (AvgIpc) is 2.59. The van der Waals surface area contributed by atoms with Crippen molar-refractivity contribution in [3.63, 3.8) is 0 Å². The molecule has 2 atom stereocenters. The maximum absolute atomic E-state index is 13.0. The number of amides is 1. The summed E-state index contributed by atoms with van der Waals surface area (Å²) in [5.74, 6) is 0.874. The minimum atomic E-state index is 0.225. The fourth-order valence-corrected chi connectivity index (χ4v) is 4.21. The molecule has 2 heterocycles. The van der Waals surface area contributed by atoms with Gasteiger partial charge in [-0.05, 0) is 70.4 Å². The SMILES string of the molecule is CNCCc1ccccc1C(=O)N1CCC2C(CCCN2C)C1. The number of likely N-dealkylation sites (tertiary alicyclic amines) is 2. The third-order valence-corrected chi connectivity index (χ3v) is 5.53. The van der Waals surface area contributed by atoms with Crippen LogP contribution in [0.25, 0.3) is 0 Å². The van der Waals surface area contributed by atoms with Gasteiger partial charge in [-0.25, -0.2) is 0 Å². The number of piperidine rings is 2. The molecule has 2 unspecified atom stereocenters. The van der Waals surface area contributed by atoms with Gasteiger partial charge in [0.2, 0.25) is 0 Å². The third kappa shape index (κ3) is 3.59. The summed E-state index contributed by atoms with van der Waals surface area (Å²) in [5, 5.41) is 3.17. The maximum atomic E-state index is 13.0. The van der Waals surface area contributed by atoms with Crippen LogP contribution in [0, 0.1) is 5.92 Å². The van der Waals surface area contributed by atoms with Crippen molar-refractivity contribution >= 4 is 5.91 Å². The van der Waals surface area contributed by atoms with Crippen LogP contribution in [0.1, 0.15) is 35.2 Å². The van der Waals surface area contributed by atoms with Crippen LogP contribution >= 0.6 is 0 Å². The molecule has 126 valence electrons. The number of nitrogens with zero attached hydrogens (tertiary/aromatic N) is 2. The van der Waals surface area contributed by atoms with E-state index in [0.29, 0.717) is 12.0 Å². The van der Waals surface area contributed by atoms with Crippen LogP contribution in [0.3, 0.4) is 0 Å². The molecule has 1 amide bonds. The molecule has 1 aromatic rings. The molecule has 0 aromatic heterocycles. The highest BCUT2D eigenvalue weighted by Gasteiger charge is 2.36. The first kappa shape index (κ1) is 16.5. The summed E-state index contributed by atoms with van der Waals surface area (Å²) < 4.78 is 0.